The Kier molecular flexibility index (Phi) is 8.19. The third-order valence-electron chi connectivity index (χ3n) is 11.1. The van der Waals surface area contributed by atoms with Crippen LogP contribution in [0.5, 0.6) is 0 Å². The normalized spacial score (nSPS) is 13.1. The van der Waals surface area contributed by atoms with Crippen molar-refractivity contribution in [1.29, 1.82) is 0 Å². The van der Waals surface area contributed by atoms with E-state index >= 15 is 0 Å². The van der Waals surface area contributed by atoms with E-state index in [1.807, 2.05) is 109 Å². The molecule has 0 unspecified atom stereocenters. The fourth-order valence-corrected chi connectivity index (χ4v) is 8.29. The molecule has 0 saturated heterocycles. The third kappa shape index (κ3) is 5.65. The van der Waals surface area contributed by atoms with Crippen molar-refractivity contribution in [2.75, 3.05) is 0 Å². The third-order valence-corrected chi connectivity index (χ3v) is 11.1. The lowest BCUT2D eigenvalue weighted by Gasteiger charge is -2.21. The van der Waals surface area contributed by atoms with Gasteiger partial charge < -0.3 is 8.83 Å². The Morgan fingerprint density at radius 1 is 0.614 bits per heavy atom. The molecular weight excluding hydrogens is 699 g/mol. The number of fused-ring (bicyclic) bond motifs is 6. The van der Waals surface area contributed by atoms with Crippen molar-refractivity contribution in [3.63, 3.8) is 0 Å². The van der Waals surface area contributed by atoms with E-state index in [0.29, 0.717) is 28.9 Å². The van der Waals surface area contributed by atoms with E-state index in [1.165, 1.54) is 11.1 Å². The Balaban J connectivity index is 1.14. The van der Waals surface area contributed by atoms with Gasteiger partial charge in [0, 0.05) is 44.2 Å². The zero-order chi connectivity index (χ0) is 38.7. The second-order valence-electron chi connectivity index (χ2n) is 14.9. The smallest absolute Gasteiger partial charge is 0.227 e. The standard InChI is InChI=1S/C50H37BN4O2/c1-5-34-35-22-15-23-36(48-54-46(30-16-9-6-10-17-30)53-47(55-48)31-18-11-7-12-19-31)44(35)56-43(34)38(29-51-4)33-24-25-39-37(28-33)42-40(50(39,2)3)26-27-41-45(42)57-49(52-41)32-20-13-8-14-21-32/h5-29,51H,1H2,2-4H3/b38-29-. The lowest BCUT2D eigenvalue weighted by atomic mass is 9.77. The van der Waals surface area contributed by atoms with Crippen molar-refractivity contribution in [1.82, 2.24) is 19.9 Å². The Hall–Kier alpha value is -7.12. The molecule has 0 spiro atoms. The SMILES string of the molecule is C=Cc1c(/C(=C\BC)c2ccc3c(c2)-c2c(ccc4nc(-c5ccccc5)oc24)C3(C)C)oc2c(-c3nc(-c4ccccc4)nc(-c4ccccc4)n3)cccc12. The number of oxazole rings is 1. The van der Waals surface area contributed by atoms with Crippen LogP contribution in [0.3, 0.4) is 0 Å². The van der Waals surface area contributed by atoms with Crippen LogP contribution < -0.4 is 0 Å². The molecule has 272 valence electrons. The summed E-state index contributed by atoms with van der Waals surface area (Å²) in [4.78, 5) is 19.9. The van der Waals surface area contributed by atoms with Gasteiger partial charge in [0.1, 0.15) is 24.1 Å². The molecule has 0 N–H and O–H groups in total. The molecule has 6 aromatic carbocycles. The minimum Gasteiger partial charge on any atom is -0.455 e. The summed E-state index contributed by atoms with van der Waals surface area (Å²) in [5, 5.41) is 0.937. The average Bonchev–Trinajstić information content (AvgIpc) is 3.93. The van der Waals surface area contributed by atoms with Crippen LogP contribution in [0.25, 0.3) is 90.5 Å². The molecule has 0 atom stereocenters. The van der Waals surface area contributed by atoms with Crippen molar-refractivity contribution < 1.29 is 8.83 Å². The molecular formula is C50H37BN4O2. The van der Waals surface area contributed by atoms with Gasteiger partial charge in [0.25, 0.3) is 0 Å². The number of para-hydroxylation sites is 1. The number of aromatic nitrogens is 4. The van der Waals surface area contributed by atoms with Crippen molar-refractivity contribution in [3.8, 4) is 56.7 Å². The summed E-state index contributed by atoms with van der Waals surface area (Å²) in [6, 6.07) is 47.3. The molecule has 1 aliphatic rings. The summed E-state index contributed by atoms with van der Waals surface area (Å²) in [6.07, 6.45) is 1.89. The molecule has 0 fully saturated rings. The second kappa shape index (κ2) is 13.6. The molecule has 9 aromatic rings. The number of benzene rings is 6. The van der Waals surface area contributed by atoms with Crippen LogP contribution in [0.4, 0.5) is 0 Å². The van der Waals surface area contributed by atoms with Gasteiger partial charge in [-0.15, -0.1) is 5.98 Å². The zero-order valence-electron chi connectivity index (χ0n) is 32.0. The van der Waals surface area contributed by atoms with Crippen molar-refractivity contribution in [2.45, 2.75) is 26.1 Å². The highest BCUT2D eigenvalue weighted by atomic mass is 16.3. The summed E-state index contributed by atoms with van der Waals surface area (Å²) < 4.78 is 13.6. The topological polar surface area (TPSA) is 77.8 Å². The van der Waals surface area contributed by atoms with Crippen molar-refractivity contribution in [3.05, 3.63) is 180 Å². The molecule has 1 aliphatic carbocycles. The van der Waals surface area contributed by atoms with Crippen LogP contribution in [0.1, 0.15) is 41.9 Å². The summed E-state index contributed by atoms with van der Waals surface area (Å²) >= 11 is 0. The Bertz CT molecular complexity index is 2980. The van der Waals surface area contributed by atoms with Crippen LogP contribution in [0.15, 0.2) is 161 Å². The number of hydrogen-bond acceptors (Lipinski definition) is 6. The summed E-state index contributed by atoms with van der Waals surface area (Å²) in [6.45, 7) is 11.0. The highest BCUT2D eigenvalue weighted by Crippen LogP contribution is 2.53. The Labute approximate surface area is 331 Å². The van der Waals surface area contributed by atoms with Crippen molar-refractivity contribution >= 4 is 41.0 Å². The number of nitrogens with zero attached hydrogens (tertiary/aromatic N) is 4. The highest BCUT2D eigenvalue weighted by molar-refractivity contribution is 6.42. The maximum atomic E-state index is 7.02. The highest BCUT2D eigenvalue weighted by Gasteiger charge is 2.38. The number of furan rings is 1. The Morgan fingerprint density at radius 2 is 1.25 bits per heavy atom. The van der Waals surface area contributed by atoms with Gasteiger partial charge in [-0.25, -0.2) is 19.9 Å². The van der Waals surface area contributed by atoms with Crippen LogP contribution in [-0.4, -0.2) is 27.2 Å². The minimum atomic E-state index is -0.228. The fourth-order valence-electron chi connectivity index (χ4n) is 8.29. The zero-order valence-corrected chi connectivity index (χ0v) is 32.0. The number of hydrogen-bond donors (Lipinski definition) is 0. The van der Waals surface area contributed by atoms with E-state index in [9.17, 15) is 0 Å². The first kappa shape index (κ1) is 34.4. The molecule has 0 saturated carbocycles. The molecule has 0 bridgehead atoms. The van der Waals surface area contributed by atoms with E-state index in [2.05, 4.69) is 69.6 Å². The average molecular weight is 737 g/mol. The molecule has 3 heterocycles. The van der Waals surface area contributed by atoms with E-state index in [0.717, 1.165) is 79.6 Å². The Morgan fingerprint density at radius 3 is 1.89 bits per heavy atom. The monoisotopic (exact) mass is 736 g/mol. The molecule has 0 amide bonds. The molecule has 0 aliphatic heterocycles. The first-order valence-corrected chi connectivity index (χ1v) is 19.3. The second-order valence-corrected chi connectivity index (χ2v) is 14.9. The minimum absolute atomic E-state index is 0.228. The van der Waals surface area contributed by atoms with Crippen LogP contribution in [-0.2, 0) is 5.41 Å². The maximum absolute atomic E-state index is 7.02. The molecule has 3 aromatic heterocycles. The van der Waals surface area contributed by atoms with E-state index in [-0.39, 0.29) is 5.41 Å². The van der Waals surface area contributed by atoms with Gasteiger partial charge in [-0.1, -0.05) is 143 Å². The van der Waals surface area contributed by atoms with E-state index in [4.69, 9.17) is 28.8 Å². The fraction of sp³-hybridized carbons (Fsp3) is 0.0800. The quantitative estimate of drug-likeness (QED) is 0.145. The van der Waals surface area contributed by atoms with Gasteiger partial charge in [-0.05, 0) is 52.6 Å². The van der Waals surface area contributed by atoms with Gasteiger partial charge in [0.15, 0.2) is 23.1 Å². The first-order valence-electron chi connectivity index (χ1n) is 19.3. The molecule has 6 nitrogen and oxygen atoms in total. The maximum Gasteiger partial charge on any atom is 0.227 e. The lowest BCUT2D eigenvalue weighted by molar-refractivity contribution is 0.600. The molecule has 0 radical (unpaired) electrons. The predicted molar refractivity (Wildman–Crippen MR) is 233 cm³/mol. The van der Waals surface area contributed by atoms with E-state index in [1.54, 1.807) is 0 Å². The largest absolute Gasteiger partial charge is 0.455 e. The van der Waals surface area contributed by atoms with Crippen LogP contribution in [0.2, 0.25) is 6.82 Å². The van der Waals surface area contributed by atoms with Crippen molar-refractivity contribution in [2.24, 2.45) is 0 Å². The van der Waals surface area contributed by atoms with Gasteiger partial charge in [-0.3, -0.25) is 0 Å². The first-order chi connectivity index (χ1) is 27.9. The predicted octanol–water partition coefficient (Wildman–Crippen LogP) is 12.3. The summed E-state index contributed by atoms with van der Waals surface area (Å²) in [5.74, 6) is 5.32. The molecule has 10 rings (SSSR count). The van der Waals surface area contributed by atoms with Gasteiger partial charge in [0.05, 0.1) is 5.56 Å². The van der Waals surface area contributed by atoms with E-state index < -0.39 is 0 Å². The van der Waals surface area contributed by atoms with Gasteiger partial charge >= 0.3 is 0 Å². The summed E-state index contributed by atoms with van der Waals surface area (Å²) in [5.41, 5.74) is 13.3. The van der Waals surface area contributed by atoms with Gasteiger partial charge in [-0.2, -0.15) is 0 Å². The molecule has 7 heteroatoms. The van der Waals surface area contributed by atoms with Gasteiger partial charge in [0.2, 0.25) is 5.89 Å². The summed E-state index contributed by atoms with van der Waals surface area (Å²) in [7, 11) is 0.802. The number of rotatable bonds is 8. The van der Waals surface area contributed by atoms with Crippen LogP contribution in [0, 0.1) is 0 Å². The lowest BCUT2D eigenvalue weighted by Crippen LogP contribution is -2.14. The van der Waals surface area contributed by atoms with Crippen LogP contribution >= 0.6 is 0 Å². The molecule has 57 heavy (non-hydrogen) atoms.